The third-order valence-corrected chi connectivity index (χ3v) is 5.07. The predicted molar refractivity (Wildman–Crippen MR) is 111 cm³/mol. The maximum atomic E-state index is 10.9. The smallest absolute Gasteiger partial charge is 0.182 e. The van der Waals surface area contributed by atoms with Gasteiger partial charge >= 0.3 is 0 Å². The fraction of sp³-hybridized carbons (Fsp3) is 0.227. The summed E-state index contributed by atoms with van der Waals surface area (Å²) in [6, 6.07) is 14.2. The van der Waals surface area contributed by atoms with Gasteiger partial charge in [0.25, 0.3) is 0 Å². The normalized spacial score (nSPS) is 11.1. The molecule has 0 saturated heterocycles. The van der Waals surface area contributed by atoms with E-state index >= 15 is 0 Å². The largest absolute Gasteiger partial charge is 0.507 e. The van der Waals surface area contributed by atoms with E-state index in [2.05, 4.69) is 44.7 Å². The van der Waals surface area contributed by atoms with Crippen molar-refractivity contribution < 1.29 is 5.11 Å². The van der Waals surface area contributed by atoms with Crippen molar-refractivity contribution in [1.82, 2.24) is 19.9 Å². The molecule has 0 atom stereocenters. The van der Waals surface area contributed by atoms with Gasteiger partial charge in [-0.3, -0.25) is 0 Å². The van der Waals surface area contributed by atoms with Crippen LogP contribution in [0.3, 0.4) is 0 Å². The Balaban J connectivity index is 1.88. The van der Waals surface area contributed by atoms with Crippen LogP contribution < -0.4 is 4.90 Å². The summed E-state index contributed by atoms with van der Waals surface area (Å²) in [4.78, 5) is 18.3. The summed E-state index contributed by atoms with van der Waals surface area (Å²) in [6.45, 7) is 4.66. The Morgan fingerprint density at radius 3 is 2.43 bits per heavy atom. The summed E-state index contributed by atoms with van der Waals surface area (Å²) in [7, 11) is 0. The molecule has 0 aliphatic carbocycles. The molecule has 0 fully saturated rings. The molecule has 0 saturated carbocycles. The van der Waals surface area contributed by atoms with Gasteiger partial charge in [-0.15, -0.1) is 0 Å². The molecule has 2 aromatic carbocycles. The van der Waals surface area contributed by atoms with E-state index in [9.17, 15) is 5.11 Å². The molecule has 142 valence electrons. The summed E-state index contributed by atoms with van der Waals surface area (Å²) in [5, 5.41) is 10.9. The highest BCUT2D eigenvalue weighted by atomic mass is 16.3. The van der Waals surface area contributed by atoms with Gasteiger partial charge in [-0.25, -0.2) is 15.0 Å². The van der Waals surface area contributed by atoms with Gasteiger partial charge in [-0.05, 0) is 36.1 Å². The first kappa shape index (κ1) is 18.0. The molecule has 2 aromatic heterocycles. The minimum Gasteiger partial charge on any atom is -0.507 e. The van der Waals surface area contributed by atoms with Crippen LogP contribution in [0.5, 0.6) is 5.75 Å². The van der Waals surface area contributed by atoms with E-state index in [1.54, 1.807) is 6.33 Å². The van der Waals surface area contributed by atoms with Gasteiger partial charge in [-0.1, -0.05) is 44.2 Å². The highest BCUT2D eigenvalue weighted by Gasteiger charge is 2.20. The molecule has 4 rings (SSSR count). The number of H-pyrrole nitrogens is 1. The molecule has 2 heterocycles. The lowest BCUT2D eigenvalue weighted by Crippen LogP contribution is -2.19. The van der Waals surface area contributed by atoms with Crippen molar-refractivity contribution in [3.63, 3.8) is 0 Å². The van der Waals surface area contributed by atoms with E-state index in [1.807, 2.05) is 36.4 Å². The van der Waals surface area contributed by atoms with Gasteiger partial charge < -0.3 is 15.0 Å². The van der Waals surface area contributed by atoms with Crippen LogP contribution in [0, 0.1) is 0 Å². The second kappa shape index (κ2) is 7.68. The number of aryl methyl sites for hydroxylation is 2. The number of aromatic nitrogens is 4. The fourth-order valence-electron chi connectivity index (χ4n) is 3.53. The van der Waals surface area contributed by atoms with Gasteiger partial charge in [0, 0.05) is 11.3 Å². The molecule has 28 heavy (non-hydrogen) atoms. The Morgan fingerprint density at radius 2 is 1.68 bits per heavy atom. The van der Waals surface area contributed by atoms with Crippen LogP contribution in [0.1, 0.15) is 30.5 Å². The van der Waals surface area contributed by atoms with Crippen LogP contribution in [0.2, 0.25) is 0 Å². The van der Waals surface area contributed by atoms with Crippen LogP contribution in [0.15, 0.2) is 55.1 Å². The molecule has 0 amide bonds. The van der Waals surface area contributed by atoms with Crippen LogP contribution >= 0.6 is 0 Å². The summed E-state index contributed by atoms with van der Waals surface area (Å²) in [5.41, 5.74) is 5.39. The number of rotatable bonds is 6. The maximum Gasteiger partial charge on any atom is 0.182 e. The van der Waals surface area contributed by atoms with Gasteiger partial charge in [0.2, 0.25) is 0 Å². The second-order valence-corrected chi connectivity index (χ2v) is 6.64. The number of benzene rings is 2. The molecule has 6 nitrogen and oxygen atoms in total. The number of aromatic hydroxyl groups is 1. The van der Waals surface area contributed by atoms with Crippen LogP contribution in [-0.4, -0.2) is 25.0 Å². The lowest BCUT2D eigenvalue weighted by atomic mass is 9.98. The molecule has 4 aromatic rings. The van der Waals surface area contributed by atoms with Crippen molar-refractivity contribution in [3.05, 3.63) is 71.8 Å². The quantitative estimate of drug-likeness (QED) is 0.519. The average Bonchev–Trinajstić information content (AvgIpc) is 3.22. The minimum atomic E-state index is 0.373. The molecule has 2 N–H and O–H groups in total. The van der Waals surface area contributed by atoms with Gasteiger partial charge in [0.1, 0.15) is 17.6 Å². The first-order valence-electron chi connectivity index (χ1n) is 9.52. The van der Waals surface area contributed by atoms with Crippen LogP contribution in [0.4, 0.5) is 11.5 Å². The first-order chi connectivity index (χ1) is 13.7. The van der Waals surface area contributed by atoms with Crippen molar-refractivity contribution >= 4 is 22.7 Å². The molecule has 0 bridgehead atoms. The third-order valence-electron chi connectivity index (χ3n) is 5.07. The zero-order valence-corrected chi connectivity index (χ0v) is 16.1. The number of nitrogens with one attached hydrogen (secondary N) is 1. The van der Waals surface area contributed by atoms with E-state index in [1.165, 1.54) is 6.33 Å². The Hall–Kier alpha value is -3.41. The zero-order valence-electron chi connectivity index (χ0n) is 16.1. The van der Waals surface area contributed by atoms with Gasteiger partial charge in [-0.2, -0.15) is 0 Å². The first-order valence-corrected chi connectivity index (χ1v) is 9.52. The number of phenolic OH excluding ortho intramolecular Hbond substituents is 1. The molecule has 0 unspecified atom stereocenters. The molecule has 0 aliphatic rings. The van der Waals surface area contributed by atoms with Crippen molar-refractivity contribution in [2.24, 2.45) is 0 Å². The fourth-order valence-corrected chi connectivity index (χ4v) is 3.53. The van der Waals surface area contributed by atoms with E-state index in [0.29, 0.717) is 17.9 Å². The zero-order chi connectivity index (χ0) is 19.5. The summed E-state index contributed by atoms with van der Waals surface area (Å²) in [5.74, 6) is 1.11. The number of hydrogen-bond donors (Lipinski definition) is 2. The third kappa shape index (κ3) is 3.17. The Bertz CT molecular complexity index is 1090. The van der Waals surface area contributed by atoms with E-state index in [0.717, 1.165) is 46.6 Å². The van der Waals surface area contributed by atoms with E-state index in [-0.39, 0.29) is 0 Å². The Morgan fingerprint density at radius 1 is 0.929 bits per heavy atom. The topological polar surface area (TPSA) is 77.9 Å². The average molecular weight is 373 g/mol. The number of aromatic amines is 1. The number of phenols is 1. The summed E-state index contributed by atoms with van der Waals surface area (Å²) in [6.07, 6.45) is 4.78. The Kier molecular flexibility index (Phi) is 4.93. The second-order valence-electron chi connectivity index (χ2n) is 6.64. The molecule has 0 aliphatic heterocycles. The number of fused-ring (bicyclic) bond motifs is 1. The molecular formula is C22H23N5O. The molecule has 0 radical (unpaired) electrons. The van der Waals surface area contributed by atoms with Crippen molar-refractivity contribution in [3.8, 4) is 5.75 Å². The molecular weight excluding hydrogens is 350 g/mol. The molecule has 6 heteroatoms. The van der Waals surface area contributed by atoms with Crippen LogP contribution in [-0.2, 0) is 19.4 Å². The van der Waals surface area contributed by atoms with E-state index < -0.39 is 0 Å². The summed E-state index contributed by atoms with van der Waals surface area (Å²) >= 11 is 0. The monoisotopic (exact) mass is 373 g/mol. The molecule has 0 spiro atoms. The minimum absolute atomic E-state index is 0.373. The van der Waals surface area contributed by atoms with Gasteiger partial charge in [0.15, 0.2) is 11.5 Å². The number of imidazole rings is 1. The number of nitrogens with zero attached hydrogens (tertiary/aromatic N) is 4. The number of hydrogen-bond acceptors (Lipinski definition) is 5. The lowest BCUT2D eigenvalue weighted by molar-refractivity contribution is 0.460. The highest BCUT2D eigenvalue weighted by Crippen LogP contribution is 2.34. The van der Waals surface area contributed by atoms with Crippen molar-refractivity contribution in [2.45, 2.75) is 33.2 Å². The summed E-state index contributed by atoms with van der Waals surface area (Å²) < 4.78 is 0. The standard InChI is InChI=1S/C22H23N5O/c1-3-15-10-11-16(4-2)20(28)18(15)12-27(17-8-6-5-7-9-17)22-19-21(24-13-23-19)25-14-26-22/h5-11,13-14,28H,3-4,12H2,1-2H3,(H,23,24,25,26). The SMILES string of the molecule is CCc1ccc(CC)c(CN(c2ccccc2)c2ncnc3nc[nH]c23)c1O. The van der Waals surface area contributed by atoms with Crippen LogP contribution in [0.25, 0.3) is 11.2 Å². The number of anilines is 2. The predicted octanol–water partition coefficient (Wildman–Crippen LogP) is 4.52. The van der Waals surface area contributed by atoms with Crippen molar-refractivity contribution in [1.29, 1.82) is 0 Å². The highest BCUT2D eigenvalue weighted by molar-refractivity contribution is 5.85. The Labute approximate surface area is 163 Å². The number of para-hydroxylation sites is 1. The van der Waals surface area contributed by atoms with E-state index in [4.69, 9.17) is 0 Å². The van der Waals surface area contributed by atoms with Gasteiger partial charge in [0.05, 0.1) is 12.9 Å². The maximum absolute atomic E-state index is 10.9. The lowest BCUT2D eigenvalue weighted by Gasteiger charge is -2.26. The van der Waals surface area contributed by atoms with Crippen molar-refractivity contribution in [2.75, 3.05) is 4.90 Å².